The summed E-state index contributed by atoms with van der Waals surface area (Å²) in [6.45, 7) is 2.91. The molecule has 6 heteroatoms. The van der Waals surface area contributed by atoms with Crippen molar-refractivity contribution in [2.45, 2.75) is 39.0 Å². The lowest BCUT2D eigenvalue weighted by atomic mass is 9.97. The van der Waals surface area contributed by atoms with Crippen molar-refractivity contribution in [3.05, 3.63) is 88.2 Å². The zero-order valence-corrected chi connectivity index (χ0v) is 18.3. The minimum absolute atomic E-state index is 0.142. The second kappa shape index (κ2) is 10.7. The highest BCUT2D eigenvalue weighted by Crippen LogP contribution is 2.25. The van der Waals surface area contributed by atoms with Gasteiger partial charge in [0.25, 0.3) is 0 Å². The highest BCUT2D eigenvalue weighted by molar-refractivity contribution is 5.74. The molecule has 0 saturated carbocycles. The molecule has 4 rings (SSSR count). The molecule has 32 heavy (non-hydrogen) atoms. The van der Waals surface area contributed by atoms with Crippen molar-refractivity contribution >= 4 is 17.3 Å². The third-order valence-electron chi connectivity index (χ3n) is 5.52. The third kappa shape index (κ3) is 6.48. The zero-order chi connectivity index (χ0) is 23.1. The Hall–Kier alpha value is -3.54. The molecule has 0 radical (unpaired) electrons. The molecule has 5 nitrogen and oxygen atoms in total. The summed E-state index contributed by atoms with van der Waals surface area (Å²) < 4.78 is 13.1. The Kier molecular flexibility index (Phi) is 7.71. The van der Waals surface area contributed by atoms with Gasteiger partial charge in [-0.05, 0) is 84.7 Å². The number of hydrogen-bond acceptors (Lipinski definition) is 4. The highest BCUT2D eigenvalue weighted by atomic mass is 19.1. The number of halogens is 1. The van der Waals surface area contributed by atoms with Gasteiger partial charge in [0.2, 0.25) is 5.91 Å². The molecule has 1 aliphatic heterocycles. The fourth-order valence-electron chi connectivity index (χ4n) is 3.94. The van der Waals surface area contributed by atoms with E-state index in [-0.39, 0.29) is 23.9 Å². The van der Waals surface area contributed by atoms with Gasteiger partial charge in [-0.2, -0.15) is 0 Å². The van der Waals surface area contributed by atoms with Gasteiger partial charge in [-0.3, -0.25) is 4.79 Å². The summed E-state index contributed by atoms with van der Waals surface area (Å²) in [6.07, 6.45) is 3.92. The minimum atomic E-state index is -0.350. The van der Waals surface area contributed by atoms with Crippen LogP contribution in [-0.2, 0) is 24.1 Å². The molecule has 0 spiro atoms. The number of fused-ring (bicyclic) bond motifs is 1. The maximum Gasteiger partial charge on any atom is 0.217 e. The number of nitrogens with one attached hydrogen (secondary N) is 1. The van der Waals surface area contributed by atoms with E-state index in [4.69, 9.17) is 11.5 Å². The van der Waals surface area contributed by atoms with Crippen LogP contribution in [0.4, 0.5) is 15.8 Å². The monoisotopic (exact) mass is 435 g/mol. The number of carbonyl (C=O) groups is 1. The summed E-state index contributed by atoms with van der Waals surface area (Å²) in [5.41, 5.74) is 17.9. The number of benzene rings is 3. The van der Waals surface area contributed by atoms with Gasteiger partial charge in [0.05, 0.1) is 0 Å². The average molecular weight is 436 g/mol. The number of nitrogen functional groups attached to an aromatic ring is 1. The van der Waals surface area contributed by atoms with E-state index >= 15 is 0 Å². The summed E-state index contributed by atoms with van der Waals surface area (Å²) in [5.74, 6) is -0.369. The normalized spacial score (nSPS) is 12.2. The second-order valence-corrected chi connectivity index (χ2v) is 8.13. The number of phenolic OH excluding ortho intramolecular Hbond substituents is 1. The maximum absolute atomic E-state index is 13.1. The minimum Gasteiger partial charge on any atom is -0.508 e. The van der Waals surface area contributed by atoms with Crippen molar-refractivity contribution in [2.24, 2.45) is 5.73 Å². The van der Waals surface area contributed by atoms with Gasteiger partial charge in [0.1, 0.15) is 11.6 Å². The number of carbonyl (C=O) groups excluding carboxylic acids is 1. The first-order valence-corrected chi connectivity index (χ1v) is 10.8. The molecule has 0 fully saturated rings. The molecule has 168 valence electrons. The first-order chi connectivity index (χ1) is 15.3. The van der Waals surface area contributed by atoms with Crippen LogP contribution < -0.4 is 16.8 Å². The molecule has 1 heterocycles. The van der Waals surface area contributed by atoms with E-state index in [1.807, 2.05) is 13.0 Å². The molecule has 1 aliphatic rings. The van der Waals surface area contributed by atoms with E-state index in [1.165, 1.54) is 35.4 Å². The van der Waals surface area contributed by atoms with Gasteiger partial charge in [-0.15, -0.1) is 0 Å². The molecule has 6 N–H and O–H groups in total. The van der Waals surface area contributed by atoms with Gasteiger partial charge in [0.15, 0.2) is 0 Å². The van der Waals surface area contributed by atoms with E-state index in [2.05, 4.69) is 23.5 Å². The lowest BCUT2D eigenvalue weighted by molar-refractivity contribution is -0.117. The Labute approximate surface area is 188 Å². The number of anilines is 2. The van der Waals surface area contributed by atoms with Crippen LogP contribution >= 0.6 is 0 Å². The topological polar surface area (TPSA) is 101 Å². The number of aromatic hydroxyl groups is 1. The Bertz CT molecular complexity index is 1080. The zero-order valence-electron chi connectivity index (χ0n) is 18.3. The summed E-state index contributed by atoms with van der Waals surface area (Å²) in [7, 11) is 0. The summed E-state index contributed by atoms with van der Waals surface area (Å²) in [5, 5.41) is 12.6. The SMILES string of the molecule is Cc1cc(O)cc(N)c1CCC(N)=O.Fc1cccc(Cc2ccc3c(c2)CCCN3)c1. The molecule has 0 unspecified atom stereocenters. The van der Waals surface area contributed by atoms with Gasteiger partial charge in [-0.1, -0.05) is 24.3 Å². The molecule has 1 amide bonds. The van der Waals surface area contributed by atoms with E-state index in [1.54, 1.807) is 18.2 Å². The van der Waals surface area contributed by atoms with Crippen LogP contribution in [0.2, 0.25) is 0 Å². The number of phenols is 1. The first kappa shape index (κ1) is 23.1. The lowest BCUT2D eigenvalue weighted by Gasteiger charge is -2.18. The number of hydrogen-bond donors (Lipinski definition) is 4. The maximum atomic E-state index is 13.1. The Balaban J connectivity index is 0.000000188. The highest BCUT2D eigenvalue weighted by Gasteiger charge is 2.09. The Morgan fingerprint density at radius 2 is 1.91 bits per heavy atom. The molecule has 0 aliphatic carbocycles. The molecular weight excluding hydrogens is 405 g/mol. The predicted molar refractivity (Wildman–Crippen MR) is 127 cm³/mol. The largest absolute Gasteiger partial charge is 0.508 e. The van der Waals surface area contributed by atoms with Gasteiger partial charge >= 0.3 is 0 Å². The number of aryl methyl sites for hydroxylation is 2. The fraction of sp³-hybridized carbons (Fsp3) is 0.269. The Morgan fingerprint density at radius 1 is 1.12 bits per heavy atom. The van der Waals surface area contributed by atoms with Crippen molar-refractivity contribution in [2.75, 3.05) is 17.6 Å². The summed E-state index contributed by atoms with van der Waals surface area (Å²) in [4.78, 5) is 10.6. The summed E-state index contributed by atoms with van der Waals surface area (Å²) in [6, 6.07) is 16.4. The number of rotatable bonds is 5. The lowest BCUT2D eigenvalue weighted by Crippen LogP contribution is -2.12. The third-order valence-corrected chi connectivity index (χ3v) is 5.52. The molecule has 3 aromatic rings. The predicted octanol–water partition coefficient (Wildman–Crippen LogP) is 4.48. The molecular formula is C26H30FN3O2. The number of primary amides is 1. The molecule has 0 atom stereocenters. The van der Waals surface area contributed by atoms with Crippen molar-refractivity contribution in [3.63, 3.8) is 0 Å². The average Bonchev–Trinajstić information content (AvgIpc) is 2.73. The molecule has 0 bridgehead atoms. The smallest absolute Gasteiger partial charge is 0.217 e. The van der Waals surface area contributed by atoms with Crippen LogP contribution in [0.1, 0.15) is 40.7 Å². The van der Waals surface area contributed by atoms with Crippen molar-refractivity contribution in [1.29, 1.82) is 0 Å². The molecule has 0 saturated heterocycles. The second-order valence-electron chi connectivity index (χ2n) is 8.13. The Morgan fingerprint density at radius 3 is 2.62 bits per heavy atom. The first-order valence-electron chi connectivity index (χ1n) is 10.8. The van der Waals surface area contributed by atoms with Crippen LogP contribution in [0, 0.1) is 12.7 Å². The van der Waals surface area contributed by atoms with Crippen molar-refractivity contribution in [3.8, 4) is 5.75 Å². The van der Waals surface area contributed by atoms with Crippen LogP contribution in [0.5, 0.6) is 5.75 Å². The van der Waals surface area contributed by atoms with E-state index in [9.17, 15) is 14.3 Å². The molecule has 3 aromatic carbocycles. The van der Waals surface area contributed by atoms with Crippen LogP contribution in [-0.4, -0.2) is 17.6 Å². The van der Waals surface area contributed by atoms with E-state index in [0.29, 0.717) is 12.1 Å². The standard InChI is InChI=1S/C16H16FN.C10H14N2O2/c17-15-5-1-3-12(11-15)9-13-6-7-16-14(10-13)4-2-8-18-16;1-6-4-7(13)5-9(11)8(6)2-3-10(12)14/h1,3,5-7,10-11,18H,2,4,8-9H2;4-5,13H,2-3,11H2,1H3,(H2,12,14). The van der Waals surface area contributed by atoms with Gasteiger partial charge < -0.3 is 21.9 Å². The van der Waals surface area contributed by atoms with Gasteiger partial charge in [0, 0.05) is 30.4 Å². The van der Waals surface area contributed by atoms with E-state index in [0.717, 1.165) is 36.1 Å². The van der Waals surface area contributed by atoms with Gasteiger partial charge in [-0.25, -0.2) is 4.39 Å². The van der Waals surface area contributed by atoms with E-state index < -0.39 is 0 Å². The fourth-order valence-corrected chi connectivity index (χ4v) is 3.94. The van der Waals surface area contributed by atoms with Crippen molar-refractivity contribution < 1.29 is 14.3 Å². The number of amides is 1. The number of nitrogens with two attached hydrogens (primary N) is 2. The summed E-state index contributed by atoms with van der Waals surface area (Å²) >= 11 is 0. The molecule has 0 aromatic heterocycles. The van der Waals surface area contributed by atoms with Crippen LogP contribution in [0.15, 0.2) is 54.6 Å². The van der Waals surface area contributed by atoms with Crippen LogP contribution in [0.25, 0.3) is 0 Å². The van der Waals surface area contributed by atoms with Crippen molar-refractivity contribution in [1.82, 2.24) is 0 Å². The quantitative estimate of drug-likeness (QED) is 0.444. The van der Waals surface area contributed by atoms with Crippen LogP contribution in [0.3, 0.4) is 0 Å².